The number of aromatic nitrogens is 1. The van der Waals surface area contributed by atoms with Crippen molar-refractivity contribution in [2.24, 2.45) is 0 Å². The fourth-order valence-electron chi connectivity index (χ4n) is 3.85. The molecule has 4 rings (SSSR count). The van der Waals surface area contributed by atoms with Crippen molar-refractivity contribution in [1.29, 1.82) is 0 Å². The van der Waals surface area contributed by atoms with E-state index in [1.54, 1.807) is 43.6 Å². The summed E-state index contributed by atoms with van der Waals surface area (Å²) in [6.45, 7) is 0. The van der Waals surface area contributed by atoms with Crippen LogP contribution in [0.4, 0.5) is 5.82 Å². The fraction of sp³-hybridized carbons (Fsp3) is 0.263. The van der Waals surface area contributed by atoms with E-state index >= 15 is 0 Å². The summed E-state index contributed by atoms with van der Waals surface area (Å²) >= 11 is 3.39. The van der Waals surface area contributed by atoms with E-state index in [-0.39, 0.29) is 18.2 Å². The summed E-state index contributed by atoms with van der Waals surface area (Å²) in [5.74, 6) is -0.251. The van der Waals surface area contributed by atoms with Crippen molar-refractivity contribution in [2.75, 3.05) is 26.2 Å². The van der Waals surface area contributed by atoms with Crippen LogP contribution in [0.15, 0.2) is 41.0 Å². The number of methoxy groups -OCH3 is 1. The van der Waals surface area contributed by atoms with Gasteiger partial charge in [0, 0.05) is 31.4 Å². The number of likely N-dealkylation sites (N-methyl/N-ethyl adjacent to an activating group) is 1. The van der Waals surface area contributed by atoms with Crippen molar-refractivity contribution in [1.82, 2.24) is 14.9 Å². The molecule has 2 aliphatic heterocycles. The number of carbonyl (C=O) groups excluding carboxylic acids is 3. The molecule has 144 valence electrons. The third-order valence-corrected chi connectivity index (χ3v) is 5.86. The summed E-state index contributed by atoms with van der Waals surface area (Å²) in [5.41, 5.74) is -0.687. The van der Waals surface area contributed by atoms with Crippen LogP contribution in [-0.4, -0.2) is 53.8 Å². The van der Waals surface area contributed by atoms with Gasteiger partial charge in [0.05, 0.1) is 18.0 Å². The van der Waals surface area contributed by atoms with E-state index in [9.17, 15) is 14.4 Å². The van der Waals surface area contributed by atoms with Crippen molar-refractivity contribution >= 4 is 39.5 Å². The quantitative estimate of drug-likeness (QED) is 0.672. The normalized spacial score (nSPS) is 20.9. The zero-order chi connectivity index (χ0) is 20.2. The van der Waals surface area contributed by atoms with E-state index in [1.807, 2.05) is 0 Å². The summed E-state index contributed by atoms with van der Waals surface area (Å²) in [5, 5.41) is 2.85. The SMILES string of the molecule is COc1cc2c(cc1Br)C(=O)N(N(C)c1ccccn1)[C@]21CC(=O)N(C)C1=O. The van der Waals surface area contributed by atoms with Crippen LogP contribution in [0.1, 0.15) is 22.3 Å². The van der Waals surface area contributed by atoms with Crippen LogP contribution in [0.3, 0.4) is 0 Å². The lowest BCUT2D eigenvalue weighted by atomic mass is 9.88. The molecule has 3 amide bonds. The number of likely N-dealkylation sites (tertiary alicyclic amines) is 1. The van der Waals surface area contributed by atoms with Gasteiger partial charge in [-0.15, -0.1) is 0 Å². The Kier molecular flexibility index (Phi) is 4.15. The molecule has 1 saturated heterocycles. The van der Waals surface area contributed by atoms with Crippen LogP contribution in [0.25, 0.3) is 0 Å². The van der Waals surface area contributed by atoms with E-state index in [1.165, 1.54) is 24.2 Å². The number of carbonyl (C=O) groups is 3. The maximum atomic E-state index is 13.4. The molecule has 8 nitrogen and oxygen atoms in total. The third kappa shape index (κ3) is 2.29. The molecule has 1 aromatic heterocycles. The minimum atomic E-state index is -1.47. The van der Waals surface area contributed by atoms with Gasteiger partial charge >= 0.3 is 0 Å². The molecule has 0 radical (unpaired) electrons. The Morgan fingerprint density at radius 2 is 2.00 bits per heavy atom. The highest BCUT2D eigenvalue weighted by molar-refractivity contribution is 9.10. The molecule has 3 heterocycles. The predicted octanol–water partition coefficient (Wildman–Crippen LogP) is 1.94. The number of anilines is 1. The second-order valence-corrected chi connectivity index (χ2v) is 7.51. The van der Waals surface area contributed by atoms with Gasteiger partial charge in [0.2, 0.25) is 5.91 Å². The summed E-state index contributed by atoms with van der Waals surface area (Å²) in [6.07, 6.45) is 1.45. The number of imide groups is 1. The third-order valence-electron chi connectivity index (χ3n) is 5.24. The number of hydrogen-bond donors (Lipinski definition) is 0. The second-order valence-electron chi connectivity index (χ2n) is 6.66. The molecule has 1 spiro atoms. The number of amides is 3. The molecular formula is C19H17BrN4O4. The lowest BCUT2D eigenvalue weighted by molar-refractivity contribution is -0.140. The fourth-order valence-corrected chi connectivity index (χ4v) is 4.36. The van der Waals surface area contributed by atoms with E-state index in [0.717, 1.165) is 4.90 Å². The maximum Gasteiger partial charge on any atom is 0.274 e. The number of halogens is 1. The minimum Gasteiger partial charge on any atom is -0.496 e. The van der Waals surface area contributed by atoms with E-state index < -0.39 is 11.4 Å². The first-order valence-corrected chi connectivity index (χ1v) is 9.30. The minimum absolute atomic E-state index is 0.150. The molecule has 28 heavy (non-hydrogen) atoms. The molecule has 0 bridgehead atoms. The van der Waals surface area contributed by atoms with Gasteiger partial charge in [0.1, 0.15) is 11.6 Å². The van der Waals surface area contributed by atoms with Gasteiger partial charge in [-0.1, -0.05) is 6.07 Å². The number of pyridine rings is 1. The number of rotatable bonds is 3. The Hall–Kier alpha value is -2.94. The summed E-state index contributed by atoms with van der Waals surface area (Å²) in [4.78, 5) is 44.5. The van der Waals surface area contributed by atoms with Crippen molar-refractivity contribution in [3.63, 3.8) is 0 Å². The number of hydrogen-bond acceptors (Lipinski definition) is 6. The van der Waals surface area contributed by atoms with Gasteiger partial charge in [0.15, 0.2) is 5.54 Å². The lowest BCUT2D eigenvalue weighted by Gasteiger charge is -2.39. The highest BCUT2D eigenvalue weighted by atomic mass is 79.9. The van der Waals surface area contributed by atoms with Gasteiger partial charge in [-0.05, 0) is 40.2 Å². The van der Waals surface area contributed by atoms with Crippen LogP contribution in [0.5, 0.6) is 5.75 Å². The summed E-state index contributed by atoms with van der Waals surface area (Å²) < 4.78 is 5.95. The van der Waals surface area contributed by atoms with Crippen LogP contribution >= 0.6 is 15.9 Å². The van der Waals surface area contributed by atoms with E-state index in [4.69, 9.17) is 4.74 Å². The average Bonchev–Trinajstić information content (AvgIpc) is 3.07. The molecule has 0 N–H and O–H groups in total. The largest absolute Gasteiger partial charge is 0.496 e. The number of ether oxygens (including phenoxy) is 1. The van der Waals surface area contributed by atoms with Crippen molar-refractivity contribution < 1.29 is 19.1 Å². The van der Waals surface area contributed by atoms with Gasteiger partial charge in [-0.25, -0.2) is 9.99 Å². The Balaban J connectivity index is 1.97. The number of fused-ring (bicyclic) bond motifs is 2. The first-order valence-electron chi connectivity index (χ1n) is 8.51. The van der Waals surface area contributed by atoms with Gasteiger partial charge in [-0.3, -0.25) is 24.3 Å². The van der Waals surface area contributed by atoms with Gasteiger partial charge < -0.3 is 4.74 Å². The predicted molar refractivity (Wildman–Crippen MR) is 104 cm³/mol. The average molecular weight is 445 g/mol. The van der Waals surface area contributed by atoms with Crippen LogP contribution in [0, 0.1) is 0 Å². The zero-order valence-corrected chi connectivity index (χ0v) is 17.1. The van der Waals surface area contributed by atoms with Gasteiger partial charge in [-0.2, -0.15) is 0 Å². The van der Waals surface area contributed by atoms with Crippen LogP contribution in [-0.2, 0) is 15.1 Å². The Morgan fingerprint density at radius 3 is 2.57 bits per heavy atom. The van der Waals surface area contributed by atoms with Crippen molar-refractivity contribution in [3.05, 3.63) is 52.1 Å². The zero-order valence-electron chi connectivity index (χ0n) is 15.5. The van der Waals surface area contributed by atoms with Crippen LogP contribution in [0.2, 0.25) is 0 Å². The molecule has 0 saturated carbocycles. The second kappa shape index (κ2) is 6.30. The van der Waals surface area contributed by atoms with E-state index in [0.29, 0.717) is 27.2 Å². The Labute approximate surface area is 169 Å². The molecule has 0 aliphatic carbocycles. The Morgan fingerprint density at radius 1 is 1.25 bits per heavy atom. The topological polar surface area (TPSA) is 83.1 Å². The van der Waals surface area contributed by atoms with Crippen LogP contribution < -0.4 is 9.75 Å². The first-order chi connectivity index (χ1) is 13.3. The molecule has 1 fully saturated rings. The van der Waals surface area contributed by atoms with E-state index in [2.05, 4.69) is 20.9 Å². The lowest BCUT2D eigenvalue weighted by Crippen LogP contribution is -2.56. The van der Waals surface area contributed by atoms with Gasteiger partial charge in [0.25, 0.3) is 11.8 Å². The molecule has 2 aliphatic rings. The molecule has 2 aromatic rings. The molecule has 9 heteroatoms. The van der Waals surface area contributed by atoms with Crippen molar-refractivity contribution in [2.45, 2.75) is 12.0 Å². The standard InChI is InChI=1S/C19H17BrN4O4/c1-22-16(25)10-19(18(22)27)12-9-14(28-3)13(20)8-11(12)17(26)24(19)23(2)15-6-4-5-7-21-15/h4-9H,10H2,1-3H3/t19-/m1/s1. The molecule has 1 atom stereocenters. The highest BCUT2D eigenvalue weighted by Gasteiger charge is 2.63. The first kappa shape index (κ1) is 18.4. The number of nitrogens with zero attached hydrogens (tertiary/aromatic N) is 4. The number of hydrazine groups is 1. The summed E-state index contributed by atoms with van der Waals surface area (Å²) in [7, 11) is 4.58. The number of benzene rings is 1. The molecular weight excluding hydrogens is 428 g/mol. The molecule has 0 unspecified atom stereocenters. The Bertz CT molecular complexity index is 1010. The maximum absolute atomic E-state index is 13.4. The summed E-state index contributed by atoms with van der Waals surface area (Å²) in [6, 6.07) is 8.54. The monoisotopic (exact) mass is 444 g/mol. The molecule has 1 aromatic carbocycles. The van der Waals surface area contributed by atoms with Crippen molar-refractivity contribution in [3.8, 4) is 5.75 Å². The smallest absolute Gasteiger partial charge is 0.274 e. The highest BCUT2D eigenvalue weighted by Crippen LogP contribution is 2.49.